The van der Waals surface area contributed by atoms with Crippen LogP contribution < -0.4 is 0 Å². The zero-order valence-electron chi connectivity index (χ0n) is 23.9. The van der Waals surface area contributed by atoms with Crippen molar-refractivity contribution in [1.29, 1.82) is 0 Å². The standard InChI is InChI=1S/C31H41NO8/c1-32-14-29(15-36-2)12-11-18(37-3)31-17-13-30(35)26(40-28(34)16-9-7-6-8-10-16)19(17)20(22(33)27(30)39-5)21(25(31)32)23(38-4)24(29)31/h6-10,17-21,23-27,35H,11-15H2,1-5H3/t17-,18+,19+,20+,21+,23+,24-,25?,26-,27+,29+,30-,31+/m1/s1. The van der Waals surface area contributed by atoms with Crippen LogP contribution in [0.1, 0.15) is 29.6 Å². The summed E-state index contributed by atoms with van der Waals surface area (Å²) in [5.41, 5.74) is -1.80. The van der Waals surface area contributed by atoms with Crippen LogP contribution in [-0.2, 0) is 28.5 Å². The predicted molar refractivity (Wildman–Crippen MR) is 142 cm³/mol. The first-order chi connectivity index (χ1) is 19.2. The van der Waals surface area contributed by atoms with Gasteiger partial charge in [0, 0.05) is 75.5 Å². The number of rotatable bonds is 7. The van der Waals surface area contributed by atoms with E-state index in [4.69, 9.17) is 23.7 Å². The van der Waals surface area contributed by atoms with Gasteiger partial charge in [0.2, 0.25) is 0 Å². The maximum Gasteiger partial charge on any atom is 0.338 e. The smallest absolute Gasteiger partial charge is 0.338 e. The Morgan fingerprint density at radius 2 is 1.82 bits per heavy atom. The number of Topliss-reactive ketones (excluding diaryl/α,β-unsaturated/α-hetero) is 1. The van der Waals surface area contributed by atoms with Crippen molar-refractivity contribution in [2.24, 2.45) is 40.4 Å². The third-order valence-electron chi connectivity index (χ3n) is 12.1. The molecule has 9 heteroatoms. The number of methoxy groups -OCH3 is 4. The van der Waals surface area contributed by atoms with E-state index in [9.17, 15) is 14.7 Å². The van der Waals surface area contributed by atoms with Gasteiger partial charge in [-0.1, -0.05) is 18.2 Å². The van der Waals surface area contributed by atoms with Crippen LogP contribution >= 0.6 is 0 Å². The summed E-state index contributed by atoms with van der Waals surface area (Å²) in [5.74, 6) is -1.64. The van der Waals surface area contributed by atoms with Gasteiger partial charge in [0.25, 0.3) is 0 Å². The molecule has 7 rings (SSSR count). The summed E-state index contributed by atoms with van der Waals surface area (Å²) >= 11 is 0. The average molecular weight is 556 g/mol. The number of likely N-dealkylation sites (tertiary alicyclic amines) is 1. The van der Waals surface area contributed by atoms with Gasteiger partial charge < -0.3 is 33.7 Å². The molecule has 1 heterocycles. The van der Waals surface area contributed by atoms with E-state index in [0.717, 1.165) is 19.4 Å². The fourth-order valence-electron chi connectivity index (χ4n) is 11.6. The van der Waals surface area contributed by atoms with Gasteiger partial charge in [0.1, 0.15) is 17.8 Å². The molecule has 218 valence electrons. The lowest BCUT2D eigenvalue weighted by Crippen LogP contribution is -2.74. The molecular weight excluding hydrogens is 514 g/mol. The van der Waals surface area contributed by atoms with E-state index in [2.05, 4.69) is 11.9 Å². The van der Waals surface area contributed by atoms with Crippen molar-refractivity contribution in [2.45, 2.75) is 55.3 Å². The van der Waals surface area contributed by atoms with Crippen LogP contribution in [0.3, 0.4) is 0 Å². The Bertz CT molecular complexity index is 1200. The van der Waals surface area contributed by atoms with E-state index in [0.29, 0.717) is 18.6 Å². The fraction of sp³-hybridized carbons (Fsp3) is 0.742. The van der Waals surface area contributed by atoms with Gasteiger partial charge >= 0.3 is 5.97 Å². The molecule has 6 aliphatic rings. The molecule has 40 heavy (non-hydrogen) atoms. The molecule has 1 aromatic rings. The van der Waals surface area contributed by atoms with Crippen molar-refractivity contribution < 1.29 is 38.4 Å². The highest BCUT2D eigenvalue weighted by molar-refractivity contribution is 5.92. The molecule has 1 aliphatic heterocycles. The number of ether oxygens (including phenoxy) is 5. The molecule has 1 spiro atoms. The molecule has 0 amide bonds. The van der Waals surface area contributed by atoms with Crippen LogP contribution in [-0.4, -0.2) is 106 Å². The summed E-state index contributed by atoms with van der Waals surface area (Å²) in [4.78, 5) is 30.3. The number of hydrogen-bond acceptors (Lipinski definition) is 9. The second-order valence-corrected chi connectivity index (χ2v) is 13.3. The second-order valence-electron chi connectivity index (χ2n) is 13.3. The zero-order chi connectivity index (χ0) is 28.2. The first-order valence-electron chi connectivity index (χ1n) is 14.5. The van der Waals surface area contributed by atoms with E-state index in [1.165, 1.54) is 7.11 Å². The van der Waals surface area contributed by atoms with E-state index in [1.807, 2.05) is 6.07 Å². The number of aliphatic hydroxyl groups is 1. The van der Waals surface area contributed by atoms with Crippen LogP contribution in [0.4, 0.5) is 0 Å². The highest BCUT2D eigenvalue weighted by atomic mass is 16.6. The van der Waals surface area contributed by atoms with Gasteiger partial charge in [-0.2, -0.15) is 0 Å². The summed E-state index contributed by atoms with van der Waals surface area (Å²) in [5, 5.41) is 12.4. The highest BCUT2D eigenvalue weighted by Gasteiger charge is 2.86. The van der Waals surface area contributed by atoms with Crippen LogP contribution in [0.5, 0.6) is 0 Å². The van der Waals surface area contributed by atoms with E-state index < -0.39 is 35.1 Å². The number of nitrogens with zero attached hydrogens (tertiary/aromatic N) is 1. The van der Waals surface area contributed by atoms with Crippen molar-refractivity contribution in [3.05, 3.63) is 35.9 Å². The fourth-order valence-corrected chi connectivity index (χ4v) is 11.6. The maximum absolute atomic E-state index is 14.4. The number of fused-ring (bicyclic) bond motifs is 2. The minimum absolute atomic E-state index is 0.0244. The minimum Gasteiger partial charge on any atom is -0.455 e. The van der Waals surface area contributed by atoms with Crippen LogP contribution in [0.25, 0.3) is 0 Å². The first-order valence-corrected chi connectivity index (χ1v) is 14.5. The average Bonchev–Trinajstić information content (AvgIpc) is 3.30. The highest BCUT2D eigenvalue weighted by Crippen LogP contribution is 2.78. The van der Waals surface area contributed by atoms with E-state index in [-0.39, 0.29) is 53.1 Å². The largest absolute Gasteiger partial charge is 0.455 e. The Morgan fingerprint density at radius 1 is 1.07 bits per heavy atom. The lowest BCUT2D eigenvalue weighted by atomic mass is 9.44. The van der Waals surface area contributed by atoms with Crippen LogP contribution in [0, 0.1) is 40.4 Å². The van der Waals surface area contributed by atoms with Crippen molar-refractivity contribution >= 4 is 11.8 Å². The molecule has 5 saturated carbocycles. The lowest BCUT2D eigenvalue weighted by molar-refractivity contribution is -0.247. The third kappa shape index (κ3) is 2.99. The second kappa shape index (κ2) is 9.06. The van der Waals surface area contributed by atoms with Gasteiger partial charge in [-0.15, -0.1) is 0 Å². The number of esters is 1. The molecule has 7 bridgehead atoms. The van der Waals surface area contributed by atoms with Gasteiger partial charge in [-0.3, -0.25) is 4.79 Å². The molecule has 9 nitrogen and oxygen atoms in total. The lowest BCUT2D eigenvalue weighted by Gasteiger charge is -2.67. The molecule has 5 aliphatic carbocycles. The van der Waals surface area contributed by atoms with Crippen molar-refractivity contribution in [1.82, 2.24) is 4.90 Å². The van der Waals surface area contributed by atoms with Gasteiger partial charge in [-0.05, 0) is 44.4 Å². The molecule has 1 unspecified atom stereocenters. The molecule has 13 atom stereocenters. The van der Waals surface area contributed by atoms with Crippen molar-refractivity contribution in [2.75, 3.05) is 48.6 Å². The third-order valence-corrected chi connectivity index (χ3v) is 12.1. The molecule has 1 aromatic carbocycles. The van der Waals surface area contributed by atoms with Crippen molar-refractivity contribution in [3.8, 4) is 0 Å². The van der Waals surface area contributed by atoms with E-state index in [1.54, 1.807) is 45.6 Å². The Kier molecular flexibility index (Phi) is 6.11. The Morgan fingerprint density at radius 3 is 2.48 bits per heavy atom. The quantitative estimate of drug-likeness (QED) is 0.505. The Labute approximate surface area is 235 Å². The van der Waals surface area contributed by atoms with Crippen LogP contribution in [0.2, 0.25) is 0 Å². The number of ketones is 1. The van der Waals surface area contributed by atoms with Crippen LogP contribution in [0.15, 0.2) is 30.3 Å². The predicted octanol–water partition coefficient (Wildman–Crippen LogP) is 1.81. The normalized spacial score (nSPS) is 50.2. The van der Waals surface area contributed by atoms with E-state index >= 15 is 0 Å². The minimum atomic E-state index is -1.63. The summed E-state index contributed by atoms with van der Waals surface area (Å²) in [6, 6.07) is 8.86. The number of benzene rings is 1. The summed E-state index contributed by atoms with van der Waals surface area (Å²) < 4.78 is 30.8. The molecule has 0 radical (unpaired) electrons. The number of piperidine rings is 1. The van der Waals surface area contributed by atoms with Gasteiger partial charge in [-0.25, -0.2) is 4.79 Å². The van der Waals surface area contributed by atoms with Crippen molar-refractivity contribution in [3.63, 3.8) is 0 Å². The molecule has 6 fully saturated rings. The SMILES string of the molecule is COC[C@@]12CC[C@H](OC)[C@]34C([C@H]([C@H](OC)[C@H]13)[C@H]1C(=O)[C@H](OC)[C@@]3(O)C[C@@H]4[C@@H]1[C@H]3OC(=O)c1ccccc1)N(C)C2. The molecule has 0 aromatic heterocycles. The molecular formula is C31H41NO8. The Balaban J connectivity index is 1.43. The molecule has 1 N–H and O–H groups in total. The summed E-state index contributed by atoms with van der Waals surface area (Å²) in [6.45, 7) is 1.44. The molecule has 1 saturated heterocycles. The summed E-state index contributed by atoms with van der Waals surface area (Å²) in [7, 11) is 8.93. The van der Waals surface area contributed by atoms with Gasteiger partial charge in [0.05, 0.1) is 24.4 Å². The topological polar surface area (TPSA) is 104 Å². The van der Waals surface area contributed by atoms with Gasteiger partial charge in [0.15, 0.2) is 5.78 Å². The first kappa shape index (κ1) is 27.0. The monoisotopic (exact) mass is 555 g/mol. The number of carbonyl (C=O) groups excluding carboxylic acids is 2. The maximum atomic E-state index is 14.4. The summed E-state index contributed by atoms with van der Waals surface area (Å²) in [6.07, 6.45) is -0.146. The number of carbonyl (C=O) groups is 2. The number of hydrogen-bond donors (Lipinski definition) is 1. The zero-order valence-corrected chi connectivity index (χ0v) is 23.9. The Hall–Kier alpha value is -1.88.